The summed E-state index contributed by atoms with van der Waals surface area (Å²) in [7, 11) is -1.92. The summed E-state index contributed by atoms with van der Waals surface area (Å²) in [6, 6.07) is 0. The third-order valence-corrected chi connectivity index (χ3v) is 7.76. The summed E-state index contributed by atoms with van der Waals surface area (Å²) in [5, 5.41) is -0.374. The molecule has 1 nitrogen and oxygen atoms in total. The van der Waals surface area contributed by atoms with Crippen LogP contribution in [0.4, 0.5) is 0 Å². The Morgan fingerprint density at radius 3 is 2.68 bits per heavy atom. The Kier molecular flexibility index (Phi) is 6.01. The second kappa shape index (κ2) is 7.30. The van der Waals surface area contributed by atoms with Gasteiger partial charge in [-0.05, 0) is 25.2 Å². The summed E-state index contributed by atoms with van der Waals surface area (Å²) in [4.78, 5) is 0. The fourth-order valence-electron chi connectivity index (χ4n) is 3.13. The summed E-state index contributed by atoms with van der Waals surface area (Å²) < 4.78 is 6.07. The van der Waals surface area contributed by atoms with Crippen LogP contribution in [0.5, 0.6) is 0 Å². The van der Waals surface area contributed by atoms with Crippen LogP contribution in [0, 0.1) is 5.92 Å². The number of allylic oxidation sites excluding steroid dienone is 2. The summed E-state index contributed by atoms with van der Waals surface area (Å²) >= 11 is 12.7. The molecule has 108 valence electrons. The first-order chi connectivity index (χ1) is 9.18. The second-order valence-corrected chi connectivity index (χ2v) is 10.6. The fraction of sp³-hybridized carbons (Fsp3) is 0.733. The van der Waals surface area contributed by atoms with Gasteiger partial charge in [-0.2, -0.15) is 0 Å². The average Bonchev–Trinajstić information content (AvgIpc) is 2.46. The molecule has 1 unspecified atom stereocenters. The first-order valence-corrected chi connectivity index (χ1v) is 11.6. The minimum absolute atomic E-state index is 0.374. The quantitative estimate of drug-likeness (QED) is 0.519. The van der Waals surface area contributed by atoms with Gasteiger partial charge in [-0.25, -0.2) is 0 Å². The van der Waals surface area contributed by atoms with Gasteiger partial charge >= 0.3 is 0 Å². The molecule has 1 fully saturated rings. The molecule has 1 saturated carbocycles. The number of hydrogen-bond donors (Lipinski definition) is 0. The Hall–Kier alpha value is 0.237. The van der Waals surface area contributed by atoms with Crippen molar-refractivity contribution in [3.05, 3.63) is 23.8 Å². The monoisotopic (exact) mass is 318 g/mol. The molecule has 4 heteroatoms. The largest absolute Gasteiger partial charge is 0.371 e. The molecule has 0 N–H and O–H groups in total. The molecule has 0 spiro atoms. The second-order valence-electron chi connectivity index (χ2n) is 5.72. The Morgan fingerprint density at radius 1 is 1.32 bits per heavy atom. The third kappa shape index (κ3) is 3.87. The van der Waals surface area contributed by atoms with E-state index in [1.165, 1.54) is 37.7 Å². The van der Waals surface area contributed by atoms with E-state index < -0.39 is 7.42 Å². The average molecular weight is 319 g/mol. The maximum absolute atomic E-state index is 6.35. The van der Waals surface area contributed by atoms with Gasteiger partial charge in [0.1, 0.15) is 5.22 Å². The van der Waals surface area contributed by atoms with Crippen molar-refractivity contribution >= 4 is 29.6 Å². The molecule has 2 aliphatic carbocycles. The minimum atomic E-state index is -1.92. The molecule has 0 radical (unpaired) electrons. The predicted octanol–water partition coefficient (Wildman–Crippen LogP) is 4.86. The van der Waals surface area contributed by atoms with Gasteiger partial charge in [-0.1, -0.05) is 50.0 Å². The van der Waals surface area contributed by atoms with Crippen LogP contribution in [0.2, 0.25) is 0 Å². The van der Waals surface area contributed by atoms with Crippen molar-refractivity contribution < 1.29 is 4.74 Å². The molecule has 0 aliphatic heterocycles. The lowest BCUT2D eigenvalue weighted by Crippen LogP contribution is -2.43. The lowest BCUT2D eigenvalue weighted by atomic mass is 9.80. The molecule has 0 amide bonds. The van der Waals surface area contributed by atoms with Crippen LogP contribution < -0.4 is 0 Å². The van der Waals surface area contributed by atoms with E-state index in [1.54, 1.807) is 0 Å². The van der Waals surface area contributed by atoms with Gasteiger partial charge in [-0.3, -0.25) is 0 Å². The summed E-state index contributed by atoms with van der Waals surface area (Å²) in [6.45, 7) is 2.86. The van der Waals surface area contributed by atoms with Crippen molar-refractivity contribution in [1.82, 2.24) is 0 Å². The zero-order chi connectivity index (χ0) is 13.7. The standard InChI is InChI=1S/C15H24Cl2OSi/c1-2-11-18-15(19(16)17)10-6-9-14(12-15)13-7-4-3-5-8-13/h6,9-10,13,19H,2-5,7-8,11-12H2,1H3. The van der Waals surface area contributed by atoms with Crippen LogP contribution in [0.3, 0.4) is 0 Å². The zero-order valence-electron chi connectivity index (χ0n) is 11.7. The van der Waals surface area contributed by atoms with Gasteiger partial charge in [0.2, 0.25) is 0 Å². The molecular formula is C15H24Cl2OSi. The molecule has 0 heterocycles. The van der Waals surface area contributed by atoms with Crippen molar-refractivity contribution in [3.8, 4) is 0 Å². The van der Waals surface area contributed by atoms with E-state index in [2.05, 4.69) is 25.2 Å². The maximum Gasteiger partial charge on any atom is 0.272 e. The van der Waals surface area contributed by atoms with Crippen LogP contribution in [-0.4, -0.2) is 19.2 Å². The minimum Gasteiger partial charge on any atom is -0.371 e. The molecule has 2 rings (SSSR count). The number of hydrogen-bond acceptors (Lipinski definition) is 1. The predicted molar refractivity (Wildman–Crippen MR) is 86.2 cm³/mol. The van der Waals surface area contributed by atoms with Crippen LogP contribution in [-0.2, 0) is 4.74 Å². The van der Waals surface area contributed by atoms with Gasteiger partial charge in [0, 0.05) is 13.0 Å². The molecular weight excluding hydrogens is 295 g/mol. The van der Waals surface area contributed by atoms with Crippen molar-refractivity contribution in [1.29, 1.82) is 0 Å². The van der Waals surface area contributed by atoms with E-state index in [4.69, 9.17) is 26.9 Å². The molecule has 0 aromatic carbocycles. The van der Waals surface area contributed by atoms with Crippen molar-refractivity contribution in [3.63, 3.8) is 0 Å². The summed E-state index contributed by atoms with van der Waals surface area (Å²) in [6.07, 6.45) is 15.2. The summed E-state index contributed by atoms with van der Waals surface area (Å²) in [5.74, 6) is 0.726. The Balaban J connectivity index is 2.08. The molecule has 1 atom stereocenters. The van der Waals surface area contributed by atoms with Crippen LogP contribution in [0.25, 0.3) is 0 Å². The topological polar surface area (TPSA) is 9.23 Å². The van der Waals surface area contributed by atoms with E-state index >= 15 is 0 Å². The molecule has 0 saturated heterocycles. The highest BCUT2D eigenvalue weighted by Crippen LogP contribution is 2.40. The van der Waals surface area contributed by atoms with Gasteiger partial charge in [-0.15, -0.1) is 22.2 Å². The third-order valence-electron chi connectivity index (χ3n) is 4.24. The molecule has 19 heavy (non-hydrogen) atoms. The maximum atomic E-state index is 6.35. The van der Waals surface area contributed by atoms with E-state index in [0.717, 1.165) is 25.4 Å². The Labute approximate surface area is 128 Å². The van der Waals surface area contributed by atoms with Crippen LogP contribution in [0.15, 0.2) is 23.8 Å². The van der Waals surface area contributed by atoms with Crippen LogP contribution >= 0.6 is 22.2 Å². The molecule has 2 aliphatic rings. The molecule has 0 aromatic heterocycles. The highest BCUT2D eigenvalue weighted by Gasteiger charge is 2.40. The molecule has 0 aromatic rings. The number of halogens is 2. The number of rotatable bonds is 5. The Bertz CT molecular complexity index is 348. The zero-order valence-corrected chi connectivity index (χ0v) is 14.4. The van der Waals surface area contributed by atoms with E-state index in [0.29, 0.717) is 0 Å². The van der Waals surface area contributed by atoms with Crippen molar-refractivity contribution in [2.24, 2.45) is 5.92 Å². The smallest absolute Gasteiger partial charge is 0.272 e. The first-order valence-electron chi connectivity index (χ1n) is 7.48. The van der Waals surface area contributed by atoms with E-state index in [1.807, 2.05) is 0 Å². The highest BCUT2D eigenvalue weighted by atomic mass is 35.7. The Morgan fingerprint density at radius 2 is 2.05 bits per heavy atom. The van der Waals surface area contributed by atoms with Gasteiger partial charge < -0.3 is 4.74 Å². The number of ether oxygens (including phenoxy) is 1. The van der Waals surface area contributed by atoms with Crippen molar-refractivity contribution in [2.45, 2.75) is 57.1 Å². The van der Waals surface area contributed by atoms with E-state index in [-0.39, 0.29) is 5.22 Å². The molecule has 0 bridgehead atoms. The van der Waals surface area contributed by atoms with Crippen molar-refractivity contribution in [2.75, 3.05) is 6.61 Å². The fourth-order valence-corrected chi connectivity index (χ4v) is 5.30. The highest BCUT2D eigenvalue weighted by molar-refractivity contribution is 7.35. The van der Waals surface area contributed by atoms with E-state index in [9.17, 15) is 0 Å². The van der Waals surface area contributed by atoms with Gasteiger partial charge in [0.25, 0.3) is 7.42 Å². The lowest BCUT2D eigenvalue weighted by molar-refractivity contribution is 0.0483. The van der Waals surface area contributed by atoms with Crippen LogP contribution in [0.1, 0.15) is 51.9 Å². The normalized spacial score (nSPS) is 28.7. The SMILES string of the molecule is CCCOC1([SiH](Cl)Cl)C=CC=C(C2CCCCC2)C1. The van der Waals surface area contributed by atoms with Gasteiger partial charge in [0.05, 0.1) is 0 Å². The van der Waals surface area contributed by atoms with Gasteiger partial charge in [0.15, 0.2) is 0 Å². The lowest BCUT2D eigenvalue weighted by Gasteiger charge is -2.37. The first kappa shape index (κ1) is 15.6. The summed E-state index contributed by atoms with van der Waals surface area (Å²) in [5.41, 5.74) is 1.51.